The average Bonchev–Trinajstić information content (AvgIpc) is 2.19. The van der Waals surface area contributed by atoms with Gasteiger partial charge in [0.2, 0.25) is 0 Å². The highest BCUT2D eigenvalue weighted by Gasteiger charge is 2.28. The van der Waals surface area contributed by atoms with Gasteiger partial charge in [-0.05, 0) is 31.9 Å². The van der Waals surface area contributed by atoms with Crippen molar-refractivity contribution in [2.45, 2.75) is 31.9 Å². The number of nitrogens with one attached hydrogen (secondary N) is 2. The highest BCUT2D eigenvalue weighted by molar-refractivity contribution is 5.89. The second kappa shape index (κ2) is 4.53. The van der Waals surface area contributed by atoms with Gasteiger partial charge in [0.15, 0.2) is 0 Å². The molecule has 2 rings (SSSR count). The molecule has 86 valence electrons. The van der Waals surface area contributed by atoms with Gasteiger partial charge in [0, 0.05) is 11.7 Å². The summed E-state index contributed by atoms with van der Waals surface area (Å²) in [5, 5.41) is 14.6. The lowest BCUT2D eigenvalue weighted by molar-refractivity contribution is 0.0671. The van der Waals surface area contributed by atoms with Gasteiger partial charge < -0.3 is 15.7 Å². The Kier molecular flexibility index (Phi) is 3.10. The Morgan fingerprint density at radius 2 is 1.94 bits per heavy atom. The fourth-order valence-electron chi connectivity index (χ4n) is 1.70. The smallest absolute Gasteiger partial charge is 0.319 e. The predicted molar refractivity (Wildman–Crippen MR) is 62.4 cm³/mol. The summed E-state index contributed by atoms with van der Waals surface area (Å²) in [6.07, 6.45) is 1.06. The zero-order valence-corrected chi connectivity index (χ0v) is 9.23. The van der Waals surface area contributed by atoms with E-state index in [4.69, 9.17) is 5.11 Å². The molecule has 16 heavy (non-hydrogen) atoms. The van der Waals surface area contributed by atoms with Crippen LogP contribution in [0.25, 0.3) is 0 Å². The van der Waals surface area contributed by atoms with Crippen molar-refractivity contribution in [3.05, 3.63) is 29.8 Å². The van der Waals surface area contributed by atoms with Gasteiger partial charge in [-0.2, -0.15) is 0 Å². The molecule has 4 heteroatoms. The van der Waals surface area contributed by atoms with E-state index < -0.39 is 0 Å². The number of aliphatic hydroxyl groups excluding tert-OH is 1. The maximum absolute atomic E-state index is 11.5. The van der Waals surface area contributed by atoms with E-state index in [0.29, 0.717) is 12.8 Å². The number of hydrogen-bond donors (Lipinski definition) is 3. The molecule has 0 heterocycles. The number of amides is 2. The Morgan fingerprint density at radius 1 is 1.31 bits per heavy atom. The minimum atomic E-state index is -0.246. The van der Waals surface area contributed by atoms with Gasteiger partial charge in [-0.25, -0.2) is 4.79 Å². The molecule has 0 aliphatic heterocycles. The van der Waals surface area contributed by atoms with Crippen LogP contribution in [0, 0.1) is 6.92 Å². The monoisotopic (exact) mass is 220 g/mol. The Labute approximate surface area is 94.7 Å². The normalized spacial score (nSPS) is 23.4. The van der Waals surface area contributed by atoms with Gasteiger partial charge >= 0.3 is 6.03 Å². The summed E-state index contributed by atoms with van der Waals surface area (Å²) in [6.45, 7) is 2.00. The first kappa shape index (κ1) is 11.0. The van der Waals surface area contributed by atoms with Crippen molar-refractivity contribution in [3.63, 3.8) is 0 Å². The quantitative estimate of drug-likeness (QED) is 0.709. The van der Waals surface area contributed by atoms with Crippen molar-refractivity contribution in [1.29, 1.82) is 0 Å². The molecule has 2 amide bonds. The van der Waals surface area contributed by atoms with E-state index in [-0.39, 0.29) is 18.2 Å². The van der Waals surface area contributed by atoms with Crippen LogP contribution in [0.2, 0.25) is 0 Å². The van der Waals surface area contributed by atoms with Gasteiger partial charge in [-0.1, -0.05) is 17.7 Å². The number of carbonyl (C=O) groups excluding carboxylic acids is 1. The summed E-state index contributed by atoms with van der Waals surface area (Å²) in [7, 11) is 0. The van der Waals surface area contributed by atoms with Crippen molar-refractivity contribution in [1.82, 2.24) is 5.32 Å². The molecule has 1 aromatic carbocycles. The predicted octanol–water partition coefficient (Wildman–Crippen LogP) is 1.64. The van der Waals surface area contributed by atoms with E-state index in [9.17, 15) is 4.79 Å². The maximum atomic E-state index is 11.5. The molecule has 1 fully saturated rings. The molecule has 0 unspecified atom stereocenters. The number of aryl methyl sites for hydroxylation is 1. The van der Waals surface area contributed by atoms with E-state index in [1.165, 1.54) is 0 Å². The Balaban J connectivity index is 1.80. The largest absolute Gasteiger partial charge is 0.393 e. The van der Waals surface area contributed by atoms with E-state index in [2.05, 4.69) is 10.6 Å². The van der Waals surface area contributed by atoms with Crippen LogP contribution in [-0.4, -0.2) is 23.3 Å². The lowest BCUT2D eigenvalue weighted by Crippen LogP contribution is -2.48. The van der Waals surface area contributed by atoms with E-state index in [1.54, 1.807) is 0 Å². The molecule has 3 N–H and O–H groups in total. The molecule has 1 aliphatic rings. The van der Waals surface area contributed by atoms with Crippen LogP contribution < -0.4 is 10.6 Å². The van der Waals surface area contributed by atoms with Gasteiger partial charge in [0.05, 0.1) is 6.10 Å². The number of benzene rings is 1. The van der Waals surface area contributed by atoms with E-state index in [1.807, 2.05) is 31.2 Å². The first-order valence-electron chi connectivity index (χ1n) is 5.46. The Hall–Kier alpha value is -1.55. The Bertz CT molecular complexity index is 369. The number of rotatable bonds is 2. The average molecular weight is 220 g/mol. The summed E-state index contributed by atoms with van der Waals surface area (Å²) in [5.41, 5.74) is 1.94. The highest BCUT2D eigenvalue weighted by Crippen LogP contribution is 2.19. The zero-order chi connectivity index (χ0) is 11.5. The standard InChI is InChI=1S/C12H16N2O2/c1-8-2-4-9(5-3-8)13-12(16)14-10-6-11(15)7-10/h2-5,10-11,15H,6-7H2,1H3,(H2,13,14,16). The summed E-state index contributed by atoms with van der Waals surface area (Å²) in [6, 6.07) is 7.53. The van der Waals surface area contributed by atoms with Crippen molar-refractivity contribution >= 4 is 11.7 Å². The first-order chi connectivity index (χ1) is 7.63. The number of anilines is 1. The molecular weight excluding hydrogens is 204 g/mol. The van der Waals surface area contributed by atoms with Crippen molar-refractivity contribution < 1.29 is 9.90 Å². The second-order valence-electron chi connectivity index (χ2n) is 4.29. The lowest BCUT2D eigenvalue weighted by Gasteiger charge is -2.31. The van der Waals surface area contributed by atoms with Crippen LogP contribution in [0.4, 0.5) is 10.5 Å². The molecule has 0 atom stereocenters. The lowest BCUT2D eigenvalue weighted by atomic mass is 9.90. The summed E-state index contributed by atoms with van der Waals surface area (Å²) in [4.78, 5) is 11.5. The second-order valence-corrected chi connectivity index (χ2v) is 4.29. The molecule has 0 aromatic heterocycles. The SMILES string of the molecule is Cc1ccc(NC(=O)NC2CC(O)C2)cc1. The van der Waals surface area contributed by atoms with Crippen LogP contribution in [0.5, 0.6) is 0 Å². The zero-order valence-electron chi connectivity index (χ0n) is 9.23. The highest BCUT2D eigenvalue weighted by atomic mass is 16.3. The number of urea groups is 1. The Morgan fingerprint density at radius 3 is 2.50 bits per heavy atom. The van der Waals surface area contributed by atoms with E-state index >= 15 is 0 Å². The molecule has 0 saturated heterocycles. The topological polar surface area (TPSA) is 61.4 Å². The van der Waals surface area contributed by atoms with Gasteiger partial charge in [-0.15, -0.1) is 0 Å². The van der Waals surface area contributed by atoms with Gasteiger partial charge in [0.1, 0.15) is 0 Å². The van der Waals surface area contributed by atoms with Crippen molar-refractivity contribution in [3.8, 4) is 0 Å². The number of aliphatic hydroxyl groups is 1. The van der Waals surface area contributed by atoms with Crippen LogP contribution in [0.15, 0.2) is 24.3 Å². The molecule has 0 spiro atoms. The number of hydrogen-bond acceptors (Lipinski definition) is 2. The molecule has 1 saturated carbocycles. The molecule has 1 aliphatic carbocycles. The summed E-state index contributed by atoms with van der Waals surface area (Å²) in [5.74, 6) is 0. The van der Waals surface area contributed by atoms with Crippen LogP contribution in [-0.2, 0) is 0 Å². The minimum Gasteiger partial charge on any atom is -0.393 e. The third kappa shape index (κ3) is 2.73. The first-order valence-corrected chi connectivity index (χ1v) is 5.46. The summed E-state index contributed by atoms with van der Waals surface area (Å²) < 4.78 is 0. The molecule has 1 aromatic rings. The third-order valence-corrected chi connectivity index (χ3v) is 2.76. The van der Waals surface area contributed by atoms with E-state index in [0.717, 1.165) is 11.3 Å². The molecule has 0 radical (unpaired) electrons. The number of carbonyl (C=O) groups is 1. The van der Waals surface area contributed by atoms with Crippen LogP contribution in [0.3, 0.4) is 0 Å². The molecule has 4 nitrogen and oxygen atoms in total. The molecular formula is C12H16N2O2. The van der Waals surface area contributed by atoms with Crippen molar-refractivity contribution in [2.75, 3.05) is 5.32 Å². The molecule has 0 bridgehead atoms. The summed E-state index contributed by atoms with van der Waals surface area (Å²) >= 11 is 0. The fraction of sp³-hybridized carbons (Fsp3) is 0.417. The van der Waals surface area contributed by atoms with Gasteiger partial charge in [-0.3, -0.25) is 0 Å². The third-order valence-electron chi connectivity index (χ3n) is 2.76. The van der Waals surface area contributed by atoms with Gasteiger partial charge in [0.25, 0.3) is 0 Å². The fourth-order valence-corrected chi connectivity index (χ4v) is 1.70. The van der Waals surface area contributed by atoms with Crippen molar-refractivity contribution in [2.24, 2.45) is 0 Å². The maximum Gasteiger partial charge on any atom is 0.319 e. The van der Waals surface area contributed by atoms with Crippen LogP contribution >= 0.6 is 0 Å². The minimum absolute atomic E-state index is 0.112. The van der Waals surface area contributed by atoms with Crippen LogP contribution in [0.1, 0.15) is 18.4 Å².